The smallest absolute Gasteiger partial charge is 0.251 e. The summed E-state index contributed by atoms with van der Waals surface area (Å²) in [5.74, 6) is 1.11. The van der Waals surface area contributed by atoms with Crippen LogP contribution in [0.25, 0.3) is 0 Å². The average Bonchev–Trinajstić information content (AvgIpc) is 3.18. The number of benzene rings is 1. The first kappa shape index (κ1) is 13.9. The monoisotopic (exact) mass is 305 g/mol. The minimum Gasteiger partial charge on any atom is -0.454 e. The van der Waals surface area contributed by atoms with Crippen LogP contribution in [0, 0.1) is 0 Å². The molecule has 6 heteroatoms. The number of rotatable bonds is 5. The van der Waals surface area contributed by atoms with Crippen LogP contribution in [0.15, 0.2) is 35.0 Å². The predicted molar refractivity (Wildman–Crippen MR) is 79.0 cm³/mol. The van der Waals surface area contributed by atoms with Crippen LogP contribution < -0.4 is 14.8 Å². The van der Waals surface area contributed by atoms with Crippen LogP contribution in [-0.4, -0.2) is 26.4 Å². The second-order valence-corrected chi connectivity index (χ2v) is 5.34. The van der Waals surface area contributed by atoms with Crippen molar-refractivity contribution in [2.75, 3.05) is 20.4 Å². The Kier molecular flexibility index (Phi) is 4.08. The first-order valence-corrected chi connectivity index (χ1v) is 7.45. The highest BCUT2D eigenvalue weighted by Gasteiger charge is 2.17. The molecule has 0 aliphatic carbocycles. The molecule has 0 saturated carbocycles. The number of hydrogen-bond acceptors (Lipinski definition) is 5. The van der Waals surface area contributed by atoms with Crippen molar-refractivity contribution in [2.45, 2.75) is 6.10 Å². The van der Waals surface area contributed by atoms with Gasteiger partial charge in [0.1, 0.15) is 6.10 Å². The van der Waals surface area contributed by atoms with E-state index in [0.717, 1.165) is 5.56 Å². The molecule has 1 aliphatic rings. The number of amides is 1. The molecule has 2 heterocycles. The van der Waals surface area contributed by atoms with Crippen molar-refractivity contribution >= 4 is 17.2 Å². The van der Waals surface area contributed by atoms with Gasteiger partial charge in [-0.2, -0.15) is 11.3 Å². The van der Waals surface area contributed by atoms with Gasteiger partial charge >= 0.3 is 0 Å². The van der Waals surface area contributed by atoms with E-state index < -0.39 is 0 Å². The minimum absolute atomic E-state index is 0.144. The maximum atomic E-state index is 12.2. The van der Waals surface area contributed by atoms with Crippen LogP contribution in [0.2, 0.25) is 0 Å². The Labute approximate surface area is 126 Å². The van der Waals surface area contributed by atoms with Crippen LogP contribution in [0.3, 0.4) is 0 Å². The lowest BCUT2D eigenvalue weighted by atomic mass is 10.1. The summed E-state index contributed by atoms with van der Waals surface area (Å²) in [6, 6.07) is 7.13. The third-order valence-corrected chi connectivity index (χ3v) is 3.98. The van der Waals surface area contributed by atoms with Crippen LogP contribution in [0.5, 0.6) is 11.5 Å². The van der Waals surface area contributed by atoms with Crippen molar-refractivity contribution in [1.29, 1.82) is 0 Å². The Morgan fingerprint density at radius 1 is 1.38 bits per heavy atom. The summed E-state index contributed by atoms with van der Waals surface area (Å²) >= 11 is 1.60. The molecule has 1 amide bonds. The third-order valence-electron chi connectivity index (χ3n) is 3.28. The third kappa shape index (κ3) is 3.01. The van der Waals surface area contributed by atoms with Crippen LogP contribution in [0.1, 0.15) is 22.0 Å². The molecule has 0 fully saturated rings. The van der Waals surface area contributed by atoms with Gasteiger partial charge in [0, 0.05) is 19.2 Å². The van der Waals surface area contributed by atoms with Gasteiger partial charge in [0.25, 0.3) is 5.91 Å². The molecule has 1 atom stereocenters. The van der Waals surface area contributed by atoms with Crippen LogP contribution in [-0.2, 0) is 4.74 Å². The summed E-state index contributed by atoms with van der Waals surface area (Å²) in [4.78, 5) is 12.2. The van der Waals surface area contributed by atoms with Gasteiger partial charge in [-0.25, -0.2) is 0 Å². The molecule has 3 rings (SSSR count). The standard InChI is InChI=1S/C15H15NO4S/c1-18-14(11-4-5-21-8-11)7-16-15(17)10-2-3-12-13(6-10)20-9-19-12/h2-6,8,14H,7,9H2,1H3,(H,16,17). The van der Waals surface area contributed by atoms with E-state index in [0.29, 0.717) is 23.6 Å². The molecule has 0 radical (unpaired) electrons. The number of methoxy groups -OCH3 is 1. The molecule has 1 N–H and O–H groups in total. The molecule has 0 spiro atoms. The lowest BCUT2D eigenvalue weighted by molar-refractivity contribution is 0.0829. The quantitative estimate of drug-likeness (QED) is 0.922. The maximum Gasteiger partial charge on any atom is 0.251 e. The largest absolute Gasteiger partial charge is 0.454 e. The van der Waals surface area contributed by atoms with Crippen molar-refractivity contribution in [1.82, 2.24) is 5.32 Å². The molecule has 110 valence electrons. The van der Waals surface area contributed by atoms with Gasteiger partial charge in [0.2, 0.25) is 6.79 Å². The van der Waals surface area contributed by atoms with Gasteiger partial charge in [-0.3, -0.25) is 4.79 Å². The van der Waals surface area contributed by atoms with Crippen molar-refractivity contribution in [2.24, 2.45) is 0 Å². The second-order valence-electron chi connectivity index (χ2n) is 4.56. The van der Waals surface area contributed by atoms with Gasteiger partial charge in [-0.15, -0.1) is 0 Å². The number of carbonyl (C=O) groups is 1. The van der Waals surface area contributed by atoms with E-state index in [4.69, 9.17) is 14.2 Å². The lowest BCUT2D eigenvalue weighted by Gasteiger charge is -2.15. The van der Waals surface area contributed by atoms with Crippen LogP contribution in [0.4, 0.5) is 0 Å². The summed E-state index contributed by atoms with van der Waals surface area (Å²) in [5.41, 5.74) is 1.60. The summed E-state index contributed by atoms with van der Waals surface area (Å²) in [7, 11) is 1.63. The van der Waals surface area contributed by atoms with Crippen molar-refractivity contribution in [3.8, 4) is 11.5 Å². The van der Waals surface area contributed by atoms with Crippen molar-refractivity contribution < 1.29 is 19.0 Å². The van der Waals surface area contributed by atoms with E-state index in [-0.39, 0.29) is 18.8 Å². The SMILES string of the molecule is COC(CNC(=O)c1ccc2c(c1)OCO2)c1ccsc1. The number of carbonyl (C=O) groups excluding carboxylic acids is 1. The van der Waals surface area contributed by atoms with Crippen LogP contribution >= 0.6 is 11.3 Å². The molecular weight excluding hydrogens is 290 g/mol. The molecular formula is C15H15NO4S. The molecule has 1 aliphatic heterocycles. The normalized spacial score (nSPS) is 14.0. The van der Waals surface area contributed by atoms with E-state index in [9.17, 15) is 4.79 Å². The summed E-state index contributed by atoms with van der Waals surface area (Å²) < 4.78 is 15.9. The Bertz CT molecular complexity index is 627. The van der Waals surface area contributed by atoms with E-state index in [1.165, 1.54) is 0 Å². The fourth-order valence-electron chi connectivity index (χ4n) is 2.12. The van der Waals surface area contributed by atoms with Gasteiger partial charge in [-0.05, 0) is 40.6 Å². The molecule has 1 aromatic carbocycles. The van der Waals surface area contributed by atoms with Gasteiger partial charge in [0.15, 0.2) is 11.5 Å². The maximum absolute atomic E-state index is 12.2. The van der Waals surface area contributed by atoms with E-state index in [1.807, 2.05) is 16.8 Å². The summed E-state index contributed by atoms with van der Waals surface area (Å²) in [6.07, 6.45) is -0.144. The van der Waals surface area contributed by atoms with Gasteiger partial charge in [0.05, 0.1) is 0 Å². The summed E-state index contributed by atoms with van der Waals surface area (Å²) in [6.45, 7) is 0.616. The zero-order chi connectivity index (χ0) is 14.7. The zero-order valence-electron chi connectivity index (χ0n) is 11.5. The van der Waals surface area contributed by atoms with E-state index >= 15 is 0 Å². The number of nitrogens with one attached hydrogen (secondary N) is 1. The van der Waals surface area contributed by atoms with Gasteiger partial charge < -0.3 is 19.5 Å². The summed E-state index contributed by atoms with van der Waals surface area (Å²) in [5, 5.41) is 6.88. The molecule has 5 nitrogen and oxygen atoms in total. The first-order chi connectivity index (χ1) is 10.3. The Hall–Kier alpha value is -2.05. The van der Waals surface area contributed by atoms with E-state index in [1.54, 1.807) is 36.6 Å². The topological polar surface area (TPSA) is 56.8 Å². The fraction of sp³-hybridized carbons (Fsp3) is 0.267. The number of thiophene rings is 1. The molecule has 0 saturated heterocycles. The number of fused-ring (bicyclic) bond motifs is 1. The Morgan fingerprint density at radius 3 is 3.00 bits per heavy atom. The van der Waals surface area contributed by atoms with Gasteiger partial charge in [-0.1, -0.05) is 0 Å². The fourth-order valence-corrected chi connectivity index (χ4v) is 2.82. The highest BCUT2D eigenvalue weighted by Crippen LogP contribution is 2.32. The second kappa shape index (κ2) is 6.15. The molecule has 1 aromatic heterocycles. The Balaban J connectivity index is 1.63. The minimum atomic E-state index is -0.162. The van der Waals surface area contributed by atoms with Crippen molar-refractivity contribution in [3.05, 3.63) is 46.2 Å². The van der Waals surface area contributed by atoms with E-state index in [2.05, 4.69) is 5.32 Å². The molecule has 0 bridgehead atoms. The Morgan fingerprint density at radius 2 is 2.24 bits per heavy atom. The molecule has 2 aromatic rings. The zero-order valence-corrected chi connectivity index (χ0v) is 12.3. The lowest BCUT2D eigenvalue weighted by Crippen LogP contribution is -2.28. The number of ether oxygens (including phenoxy) is 3. The highest BCUT2D eigenvalue weighted by atomic mass is 32.1. The predicted octanol–water partition coefficient (Wildman–Crippen LogP) is 2.59. The molecule has 1 unspecified atom stereocenters. The first-order valence-electron chi connectivity index (χ1n) is 6.50. The number of hydrogen-bond donors (Lipinski definition) is 1. The average molecular weight is 305 g/mol. The molecule has 21 heavy (non-hydrogen) atoms. The highest BCUT2D eigenvalue weighted by molar-refractivity contribution is 7.07. The van der Waals surface area contributed by atoms with Crippen molar-refractivity contribution in [3.63, 3.8) is 0 Å².